The molecule has 0 N–H and O–H groups in total. The Hall–Kier alpha value is -5.80. The molecule has 9 aromatic rings. The molecule has 2 heterocycles. The zero-order valence-electron chi connectivity index (χ0n) is 24.6. The highest BCUT2D eigenvalue weighted by Crippen LogP contribution is 2.42. The highest BCUT2D eigenvalue weighted by atomic mass is 15.0. The van der Waals surface area contributed by atoms with Gasteiger partial charge in [-0.25, -0.2) is 0 Å². The second kappa shape index (κ2) is 10.1. The van der Waals surface area contributed by atoms with E-state index in [0.717, 1.165) is 49.7 Å². The molecule has 208 valence electrons. The van der Waals surface area contributed by atoms with Gasteiger partial charge in [0.1, 0.15) is 7.85 Å². The topological polar surface area (TPSA) is 9.86 Å². The normalized spacial score (nSPS) is 11.6. The van der Waals surface area contributed by atoms with Gasteiger partial charge in [0, 0.05) is 38.4 Å². The fraction of sp³-hybridized carbons (Fsp3) is 0. The molecule has 0 spiro atoms. The Kier molecular flexibility index (Phi) is 5.79. The lowest BCUT2D eigenvalue weighted by Gasteiger charge is -2.15. The van der Waals surface area contributed by atoms with Crippen LogP contribution in [0.2, 0.25) is 0 Å². The highest BCUT2D eigenvalue weighted by Gasteiger charge is 2.22. The van der Waals surface area contributed by atoms with Crippen LogP contribution in [0.1, 0.15) is 0 Å². The van der Waals surface area contributed by atoms with Crippen LogP contribution in [-0.2, 0) is 0 Å². The minimum absolute atomic E-state index is 0.767. The average Bonchev–Trinajstić information content (AvgIpc) is 3.63. The van der Waals surface area contributed by atoms with E-state index in [-0.39, 0.29) is 0 Å². The zero-order chi connectivity index (χ0) is 29.9. The quantitative estimate of drug-likeness (QED) is 0.186. The Balaban J connectivity index is 1.48. The first-order valence-corrected chi connectivity index (χ1v) is 15.3. The van der Waals surface area contributed by atoms with Crippen molar-refractivity contribution in [2.24, 2.45) is 0 Å². The Bertz CT molecular complexity index is 2470. The summed E-state index contributed by atoms with van der Waals surface area (Å²) in [5, 5.41) is 4.68. The van der Waals surface area contributed by atoms with Crippen LogP contribution in [0.15, 0.2) is 164 Å². The Morgan fingerprint density at radius 3 is 1.47 bits per heavy atom. The van der Waals surface area contributed by atoms with E-state index < -0.39 is 0 Å². The van der Waals surface area contributed by atoms with Crippen molar-refractivity contribution in [2.45, 2.75) is 0 Å². The van der Waals surface area contributed by atoms with Crippen LogP contribution in [0, 0.1) is 0 Å². The van der Waals surface area contributed by atoms with Crippen LogP contribution in [0.4, 0.5) is 0 Å². The molecule has 0 saturated heterocycles. The maximum absolute atomic E-state index is 7.03. The summed E-state index contributed by atoms with van der Waals surface area (Å²) in [6.07, 6.45) is 0. The van der Waals surface area contributed by atoms with Gasteiger partial charge in [-0.1, -0.05) is 127 Å². The molecule has 0 amide bonds. The standard InChI is InChI=1S/C42H27BN2/c43-37-27-36-34-20-10-12-22-38(34)45(33-25-30(28-14-4-1-5-15-28)24-31(26-33)29-16-6-2-7-17-29)41(36)40-35-21-11-13-23-39(35)44(42(37)40)32-18-8-3-9-19-32/h1-27H. The van der Waals surface area contributed by atoms with Crippen molar-refractivity contribution in [1.82, 2.24) is 9.13 Å². The van der Waals surface area contributed by atoms with E-state index in [0.29, 0.717) is 0 Å². The number of benzene rings is 7. The zero-order valence-corrected chi connectivity index (χ0v) is 24.6. The van der Waals surface area contributed by atoms with Crippen LogP contribution in [0.25, 0.3) is 77.2 Å². The fourth-order valence-corrected chi connectivity index (χ4v) is 7.08. The van der Waals surface area contributed by atoms with Crippen LogP contribution in [0.3, 0.4) is 0 Å². The first-order chi connectivity index (χ1) is 22.3. The number of rotatable bonds is 4. The van der Waals surface area contributed by atoms with Gasteiger partial charge in [-0.15, -0.1) is 0 Å². The first-order valence-electron chi connectivity index (χ1n) is 15.3. The molecular formula is C42H27BN2. The summed E-state index contributed by atoms with van der Waals surface area (Å²) in [4.78, 5) is 0. The minimum atomic E-state index is 0.767. The van der Waals surface area contributed by atoms with E-state index in [1.807, 2.05) is 0 Å². The third kappa shape index (κ3) is 3.98. The molecule has 0 unspecified atom stereocenters. The van der Waals surface area contributed by atoms with E-state index in [2.05, 4.69) is 173 Å². The van der Waals surface area contributed by atoms with Gasteiger partial charge in [-0.3, -0.25) is 0 Å². The third-order valence-corrected chi connectivity index (χ3v) is 9.00. The summed E-state index contributed by atoms with van der Waals surface area (Å²) in [5.74, 6) is 0. The smallest absolute Gasteiger partial charge is 0.116 e. The molecule has 2 aromatic heterocycles. The second-order valence-corrected chi connectivity index (χ2v) is 11.6. The van der Waals surface area contributed by atoms with Crippen LogP contribution in [-0.4, -0.2) is 17.0 Å². The number of para-hydroxylation sites is 3. The lowest BCUT2D eigenvalue weighted by molar-refractivity contribution is 1.18. The maximum Gasteiger partial charge on any atom is 0.116 e. The van der Waals surface area contributed by atoms with Crippen molar-refractivity contribution in [3.8, 4) is 33.6 Å². The minimum Gasteiger partial charge on any atom is -0.310 e. The highest BCUT2D eigenvalue weighted by molar-refractivity contribution is 6.44. The van der Waals surface area contributed by atoms with Gasteiger partial charge in [-0.2, -0.15) is 0 Å². The average molecular weight is 571 g/mol. The van der Waals surface area contributed by atoms with Crippen LogP contribution in [0.5, 0.6) is 0 Å². The molecule has 0 aliphatic heterocycles. The van der Waals surface area contributed by atoms with Crippen molar-refractivity contribution < 1.29 is 0 Å². The SMILES string of the molecule is [B]c1cc2c3ccccc3n(-c3cc(-c4ccccc4)cc(-c4ccccc4)c3)c2c2c3ccccc3n(-c3ccccc3)c12. The summed E-state index contributed by atoms with van der Waals surface area (Å²) in [6, 6.07) is 58.3. The molecule has 2 radical (unpaired) electrons. The van der Waals surface area contributed by atoms with Crippen molar-refractivity contribution in [3.63, 3.8) is 0 Å². The molecule has 9 rings (SSSR count). The molecule has 45 heavy (non-hydrogen) atoms. The molecular weight excluding hydrogens is 543 g/mol. The summed E-state index contributed by atoms with van der Waals surface area (Å²) in [6.45, 7) is 0. The first kappa shape index (κ1) is 25.7. The third-order valence-electron chi connectivity index (χ3n) is 9.00. The molecule has 0 bridgehead atoms. The predicted molar refractivity (Wildman–Crippen MR) is 191 cm³/mol. The Labute approximate surface area is 262 Å². The van der Waals surface area contributed by atoms with E-state index in [1.165, 1.54) is 33.0 Å². The van der Waals surface area contributed by atoms with E-state index >= 15 is 0 Å². The van der Waals surface area contributed by atoms with Gasteiger partial charge in [0.2, 0.25) is 0 Å². The summed E-state index contributed by atoms with van der Waals surface area (Å²) >= 11 is 0. The van der Waals surface area contributed by atoms with Gasteiger partial charge in [0.25, 0.3) is 0 Å². The molecule has 0 saturated carbocycles. The van der Waals surface area contributed by atoms with Gasteiger partial charge in [0.05, 0.1) is 16.6 Å². The van der Waals surface area contributed by atoms with Crippen LogP contribution < -0.4 is 5.46 Å². The number of hydrogen-bond acceptors (Lipinski definition) is 0. The predicted octanol–water partition coefficient (Wildman–Crippen LogP) is 10.0. The number of nitrogens with zero attached hydrogens (tertiary/aromatic N) is 2. The van der Waals surface area contributed by atoms with Crippen molar-refractivity contribution >= 4 is 56.9 Å². The molecule has 7 aromatic carbocycles. The maximum atomic E-state index is 7.03. The van der Waals surface area contributed by atoms with Crippen LogP contribution >= 0.6 is 0 Å². The number of hydrogen-bond donors (Lipinski definition) is 0. The van der Waals surface area contributed by atoms with Gasteiger partial charge in [0.15, 0.2) is 0 Å². The molecule has 0 aliphatic carbocycles. The van der Waals surface area contributed by atoms with Crippen molar-refractivity contribution in [2.75, 3.05) is 0 Å². The van der Waals surface area contributed by atoms with E-state index in [1.54, 1.807) is 0 Å². The molecule has 0 fully saturated rings. The summed E-state index contributed by atoms with van der Waals surface area (Å²) in [5.41, 5.74) is 12.2. The second-order valence-electron chi connectivity index (χ2n) is 11.6. The molecule has 3 heteroatoms. The number of aromatic nitrogens is 2. The molecule has 0 atom stereocenters. The molecule has 2 nitrogen and oxygen atoms in total. The Morgan fingerprint density at radius 1 is 0.356 bits per heavy atom. The lowest BCUT2D eigenvalue weighted by Crippen LogP contribution is -2.09. The number of fused-ring (bicyclic) bond motifs is 7. The monoisotopic (exact) mass is 570 g/mol. The van der Waals surface area contributed by atoms with Gasteiger partial charge >= 0.3 is 0 Å². The lowest BCUT2D eigenvalue weighted by atomic mass is 9.90. The summed E-state index contributed by atoms with van der Waals surface area (Å²) in [7, 11) is 7.03. The molecule has 0 aliphatic rings. The van der Waals surface area contributed by atoms with E-state index in [4.69, 9.17) is 7.85 Å². The van der Waals surface area contributed by atoms with Crippen molar-refractivity contribution in [1.29, 1.82) is 0 Å². The largest absolute Gasteiger partial charge is 0.310 e. The Morgan fingerprint density at radius 2 is 0.844 bits per heavy atom. The fourth-order valence-electron chi connectivity index (χ4n) is 7.08. The van der Waals surface area contributed by atoms with E-state index in [9.17, 15) is 0 Å². The summed E-state index contributed by atoms with van der Waals surface area (Å²) < 4.78 is 4.77. The van der Waals surface area contributed by atoms with Gasteiger partial charge < -0.3 is 9.13 Å². The van der Waals surface area contributed by atoms with Crippen molar-refractivity contribution in [3.05, 3.63) is 164 Å². The van der Waals surface area contributed by atoms with Gasteiger partial charge in [-0.05, 0) is 64.7 Å².